The topological polar surface area (TPSA) is 75.3 Å². The van der Waals surface area contributed by atoms with E-state index in [1.165, 1.54) is 12.1 Å². The fourth-order valence-electron chi connectivity index (χ4n) is 1.61. The molecule has 2 rings (SSSR count). The van der Waals surface area contributed by atoms with Crippen LogP contribution >= 0.6 is 22.6 Å². The molecule has 21 heavy (non-hydrogen) atoms. The van der Waals surface area contributed by atoms with Gasteiger partial charge in [0.2, 0.25) is 15.9 Å². The number of carbonyl (C=O) groups is 1. The highest BCUT2D eigenvalue weighted by molar-refractivity contribution is 14.1. The quantitative estimate of drug-likeness (QED) is 0.735. The highest BCUT2D eigenvalue weighted by atomic mass is 127. The van der Waals surface area contributed by atoms with Crippen LogP contribution in [0.25, 0.3) is 0 Å². The van der Waals surface area contributed by atoms with Gasteiger partial charge in [-0.05, 0) is 52.9 Å². The van der Waals surface area contributed by atoms with Crippen LogP contribution in [0.15, 0.2) is 59.5 Å². The number of amides is 1. The molecule has 0 saturated carbocycles. The van der Waals surface area contributed by atoms with Gasteiger partial charge in [-0.15, -0.1) is 0 Å². The SMILES string of the molecule is O=C(CNS(=O)(=O)c1ccccc1)Nc1cccc(I)c1. The number of hydrogen-bond acceptors (Lipinski definition) is 3. The summed E-state index contributed by atoms with van der Waals surface area (Å²) < 4.78 is 27.2. The smallest absolute Gasteiger partial charge is 0.241 e. The molecule has 2 aromatic rings. The molecule has 0 heterocycles. The van der Waals surface area contributed by atoms with Gasteiger partial charge in [-0.3, -0.25) is 4.79 Å². The average molecular weight is 416 g/mol. The minimum Gasteiger partial charge on any atom is -0.325 e. The Hall–Kier alpha value is -1.45. The minimum absolute atomic E-state index is 0.132. The van der Waals surface area contributed by atoms with Gasteiger partial charge in [-0.25, -0.2) is 13.1 Å². The zero-order valence-corrected chi connectivity index (χ0v) is 13.9. The standard InChI is InChI=1S/C14H13IN2O3S/c15-11-5-4-6-12(9-11)17-14(18)10-16-21(19,20)13-7-2-1-3-8-13/h1-9,16H,10H2,(H,17,18). The summed E-state index contributed by atoms with van der Waals surface area (Å²) >= 11 is 2.13. The first-order valence-corrected chi connectivity index (χ1v) is 8.64. The van der Waals surface area contributed by atoms with Crippen LogP contribution < -0.4 is 10.0 Å². The maximum absolute atomic E-state index is 12.0. The second-order valence-electron chi connectivity index (χ2n) is 4.20. The fraction of sp³-hybridized carbons (Fsp3) is 0.0714. The third-order valence-electron chi connectivity index (χ3n) is 2.58. The third-order valence-corrected chi connectivity index (χ3v) is 4.67. The van der Waals surface area contributed by atoms with Crippen molar-refractivity contribution in [3.63, 3.8) is 0 Å². The Balaban J connectivity index is 1.95. The number of nitrogens with one attached hydrogen (secondary N) is 2. The van der Waals surface area contributed by atoms with E-state index in [0.29, 0.717) is 5.69 Å². The predicted octanol–water partition coefficient (Wildman–Crippen LogP) is 2.21. The molecule has 0 aliphatic rings. The van der Waals surface area contributed by atoms with E-state index in [0.717, 1.165) is 3.57 Å². The molecule has 0 aliphatic heterocycles. The molecule has 0 atom stereocenters. The second-order valence-corrected chi connectivity index (χ2v) is 7.21. The summed E-state index contributed by atoms with van der Waals surface area (Å²) in [6.07, 6.45) is 0. The van der Waals surface area contributed by atoms with Crippen molar-refractivity contribution in [3.05, 3.63) is 58.2 Å². The van der Waals surface area contributed by atoms with Crippen LogP contribution in [-0.4, -0.2) is 20.9 Å². The first kappa shape index (κ1) is 15.9. The molecule has 0 radical (unpaired) electrons. The Kier molecular flexibility index (Phi) is 5.32. The van der Waals surface area contributed by atoms with E-state index in [-0.39, 0.29) is 11.4 Å². The highest BCUT2D eigenvalue weighted by Gasteiger charge is 2.14. The van der Waals surface area contributed by atoms with Gasteiger partial charge in [-0.1, -0.05) is 24.3 Å². The number of carbonyl (C=O) groups excluding carboxylic acids is 1. The summed E-state index contributed by atoms with van der Waals surface area (Å²) in [5.41, 5.74) is 0.630. The molecular weight excluding hydrogens is 403 g/mol. The molecule has 0 bridgehead atoms. The summed E-state index contributed by atoms with van der Waals surface area (Å²) in [6, 6.07) is 15.2. The van der Waals surface area contributed by atoms with Gasteiger partial charge >= 0.3 is 0 Å². The summed E-state index contributed by atoms with van der Waals surface area (Å²) in [6.45, 7) is -0.317. The van der Waals surface area contributed by atoms with E-state index in [1.54, 1.807) is 30.3 Å². The molecule has 0 saturated heterocycles. The lowest BCUT2D eigenvalue weighted by atomic mass is 10.3. The Morgan fingerprint density at radius 3 is 2.43 bits per heavy atom. The first-order valence-electron chi connectivity index (χ1n) is 6.07. The molecular formula is C14H13IN2O3S. The zero-order chi connectivity index (χ0) is 15.3. The second kappa shape index (κ2) is 7.01. The highest BCUT2D eigenvalue weighted by Crippen LogP contribution is 2.12. The van der Waals surface area contributed by atoms with Gasteiger partial charge in [0.05, 0.1) is 11.4 Å². The maximum atomic E-state index is 12.0. The van der Waals surface area contributed by atoms with Gasteiger partial charge in [0, 0.05) is 9.26 Å². The van der Waals surface area contributed by atoms with Crippen LogP contribution in [0.2, 0.25) is 0 Å². The Labute approximate surface area is 137 Å². The Bertz CT molecular complexity index is 733. The lowest BCUT2D eigenvalue weighted by Crippen LogP contribution is -2.32. The van der Waals surface area contributed by atoms with Crippen LogP contribution in [-0.2, 0) is 14.8 Å². The van der Waals surface area contributed by atoms with Gasteiger partial charge in [-0.2, -0.15) is 0 Å². The van der Waals surface area contributed by atoms with Crippen molar-refractivity contribution >= 4 is 44.2 Å². The summed E-state index contributed by atoms with van der Waals surface area (Å²) in [5.74, 6) is -0.420. The summed E-state index contributed by atoms with van der Waals surface area (Å²) in [4.78, 5) is 11.9. The van der Waals surface area contributed by atoms with Crippen LogP contribution in [0.3, 0.4) is 0 Å². The Morgan fingerprint density at radius 1 is 1.05 bits per heavy atom. The van der Waals surface area contributed by atoms with E-state index in [1.807, 2.05) is 12.1 Å². The number of sulfonamides is 1. The van der Waals surface area contributed by atoms with Crippen LogP contribution in [0.5, 0.6) is 0 Å². The molecule has 7 heteroatoms. The zero-order valence-electron chi connectivity index (χ0n) is 10.9. The molecule has 0 fully saturated rings. The molecule has 2 N–H and O–H groups in total. The summed E-state index contributed by atoms with van der Waals surface area (Å²) in [5, 5.41) is 2.64. The van der Waals surface area contributed by atoms with Crippen LogP contribution in [0.4, 0.5) is 5.69 Å². The number of halogens is 1. The molecule has 2 aromatic carbocycles. The van der Waals surface area contributed by atoms with Crippen LogP contribution in [0.1, 0.15) is 0 Å². The van der Waals surface area contributed by atoms with Crippen LogP contribution in [0, 0.1) is 3.57 Å². The first-order chi connectivity index (χ1) is 9.97. The third kappa shape index (κ3) is 4.80. The van der Waals surface area contributed by atoms with Crippen molar-refractivity contribution < 1.29 is 13.2 Å². The molecule has 5 nitrogen and oxygen atoms in total. The molecule has 0 unspecified atom stereocenters. The monoisotopic (exact) mass is 416 g/mol. The van der Waals surface area contributed by atoms with Gasteiger partial charge in [0.1, 0.15) is 0 Å². The van der Waals surface area contributed by atoms with Gasteiger partial charge in [0.25, 0.3) is 0 Å². The lowest BCUT2D eigenvalue weighted by Gasteiger charge is -2.08. The maximum Gasteiger partial charge on any atom is 0.241 e. The summed E-state index contributed by atoms with van der Waals surface area (Å²) in [7, 11) is -3.67. The van der Waals surface area contributed by atoms with E-state index in [9.17, 15) is 13.2 Å². The molecule has 0 aliphatic carbocycles. The van der Waals surface area contributed by atoms with Crippen molar-refractivity contribution in [2.75, 3.05) is 11.9 Å². The lowest BCUT2D eigenvalue weighted by molar-refractivity contribution is -0.115. The van der Waals surface area contributed by atoms with Crippen molar-refractivity contribution in [2.24, 2.45) is 0 Å². The van der Waals surface area contributed by atoms with Crippen molar-refractivity contribution in [1.29, 1.82) is 0 Å². The average Bonchev–Trinajstić information content (AvgIpc) is 2.46. The van der Waals surface area contributed by atoms with E-state index < -0.39 is 15.9 Å². The van der Waals surface area contributed by atoms with Crippen molar-refractivity contribution in [1.82, 2.24) is 4.72 Å². The van der Waals surface area contributed by atoms with Crippen molar-refractivity contribution in [3.8, 4) is 0 Å². The minimum atomic E-state index is -3.67. The number of hydrogen-bond donors (Lipinski definition) is 2. The molecule has 1 amide bonds. The fourth-order valence-corrected chi connectivity index (χ4v) is 3.16. The molecule has 110 valence electrons. The van der Waals surface area contributed by atoms with E-state index in [2.05, 4.69) is 32.6 Å². The largest absolute Gasteiger partial charge is 0.325 e. The number of anilines is 1. The van der Waals surface area contributed by atoms with E-state index >= 15 is 0 Å². The molecule has 0 spiro atoms. The predicted molar refractivity (Wildman–Crippen MR) is 89.4 cm³/mol. The van der Waals surface area contributed by atoms with Gasteiger partial charge in [0.15, 0.2) is 0 Å². The Morgan fingerprint density at radius 2 is 1.76 bits per heavy atom. The number of benzene rings is 2. The van der Waals surface area contributed by atoms with Crippen molar-refractivity contribution in [2.45, 2.75) is 4.90 Å². The number of rotatable bonds is 5. The normalized spacial score (nSPS) is 11.1. The molecule has 0 aromatic heterocycles. The van der Waals surface area contributed by atoms with E-state index in [4.69, 9.17) is 0 Å². The van der Waals surface area contributed by atoms with Gasteiger partial charge < -0.3 is 5.32 Å².